The van der Waals surface area contributed by atoms with Gasteiger partial charge in [-0.1, -0.05) is 6.92 Å². The largest absolute Gasteiger partial charge is 0.492 e. The van der Waals surface area contributed by atoms with Gasteiger partial charge >= 0.3 is 0 Å². The molecule has 7 heteroatoms. The van der Waals surface area contributed by atoms with Crippen molar-refractivity contribution in [3.8, 4) is 5.88 Å². The summed E-state index contributed by atoms with van der Waals surface area (Å²) in [4.78, 5) is 19.4. The summed E-state index contributed by atoms with van der Waals surface area (Å²) in [5.41, 5.74) is 1.16. The number of rotatable bonds is 1. The molecule has 1 saturated heterocycles. The number of hydrogen-bond donors (Lipinski definition) is 2. The van der Waals surface area contributed by atoms with Crippen LogP contribution in [0.1, 0.15) is 19.4 Å². The summed E-state index contributed by atoms with van der Waals surface area (Å²) in [6.45, 7) is 5.97. The van der Waals surface area contributed by atoms with E-state index in [1.54, 1.807) is 0 Å². The number of fused-ring (bicyclic) bond motifs is 1. The van der Waals surface area contributed by atoms with Crippen LogP contribution >= 0.6 is 0 Å². The molecule has 2 N–H and O–H groups in total. The molecule has 1 unspecified atom stereocenters. The average Bonchev–Trinajstić information content (AvgIpc) is 2.49. The molecule has 0 bridgehead atoms. The lowest BCUT2D eigenvalue weighted by Gasteiger charge is -2.38. The van der Waals surface area contributed by atoms with Crippen LogP contribution in [0.3, 0.4) is 0 Å². The van der Waals surface area contributed by atoms with Crippen LogP contribution < -0.4 is 9.80 Å². The number of ether oxygens (including phenoxy) is 1. The lowest BCUT2D eigenvalue weighted by Crippen LogP contribution is -2.47. The second-order valence-corrected chi connectivity index (χ2v) is 5.90. The van der Waals surface area contributed by atoms with Crippen LogP contribution in [-0.4, -0.2) is 53.6 Å². The van der Waals surface area contributed by atoms with E-state index in [4.69, 9.17) is 4.74 Å². The molecule has 1 aromatic rings. The van der Waals surface area contributed by atoms with E-state index in [0.717, 1.165) is 18.7 Å². The smallest absolute Gasteiger partial charge is 0.237 e. The number of aromatic hydroxyl groups is 1. The third-order valence-electron chi connectivity index (χ3n) is 4.27. The van der Waals surface area contributed by atoms with Crippen LogP contribution in [0, 0.1) is 5.92 Å². The van der Waals surface area contributed by atoms with Crippen LogP contribution in [0.4, 0.5) is 11.5 Å². The fourth-order valence-electron chi connectivity index (χ4n) is 3.12. The Morgan fingerprint density at radius 3 is 2.73 bits per heavy atom. The number of nitrogens with zero attached hydrogens (tertiary/aromatic N) is 3. The van der Waals surface area contributed by atoms with Crippen molar-refractivity contribution >= 4 is 17.4 Å². The third-order valence-corrected chi connectivity index (χ3v) is 4.27. The molecule has 1 amide bonds. The summed E-state index contributed by atoms with van der Waals surface area (Å²) in [7, 11) is 0. The van der Waals surface area contributed by atoms with Crippen LogP contribution in [-0.2, 0) is 16.0 Å². The lowest BCUT2D eigenvalue weighted by atomic mass is 9.92. The third kappa shape index (κ3) is 2.50. The minimum Gasteiger partial charge on any atom is -0.492 e. The van der Waals surface area contributed by atoms with Crippen molar-refractivity contribution in [3.63, 3.8) is 0 Å². The number of carbonyl (C=O) groups is 1. The van der Waals surface area contributed by atoms with E-state index in [1.165, 1.54) is 11.8 Å². The minimum absolute atomic E-state index is 0.101. The number of aliphatic hydroxyl groups excluding tert-OH is 1. The van der Waals surface area contributed by atoms with Crippen LogP contribution in [0.15, 0.2) is 6.07 Å². The van der Waals surface area contributed by atoms with Gasteiger partial charge in [-0.2, -0.15) is 4.98 Å². The highest BCUT2D eigenvalue weighted by Gasteiger charge is 2.36. The summed E-state index contributed by atoms with van der Waals surface area (Å²) in [6.07, 6.45) is -0.347. The van der Waals surface area contributed by atoms with Gasteiger partial charge in [0.2, 0.25) is 11.8 Å². The zero-order valence-electron chi connectivity index (χ0n) is 12.8. The second-order valence-electron chi connectivity index (χ2n) is 5.90. The molecular weight excluding hydrogens is 286 g/mol. The predicted octanol–water partition coefficient (Wildman–Crippen LogP) is 0.487. The Morgan fingerprint density at radius 2 is 2.09 bits per heavy atom. The summed E-state index contributed by atoms with van der Waals surface area (Å²) >= 11 is 0. The van der Waals surface area contributed by atoms with E-state index >= 15 is 0 Å². The number of anilines is 2. The van der Waals surface area contributed by atoms with Gasteiger partial charge in [-0.3, -0.25) is 9.69 Å². The summed E-state index contributed by atoms with van der Waals surface area (Å²) < 4.78 is 5.33. The molecule has 3 heterocycles. The van der Waals surface area contributed by atoms with Crippen molar-refractivity contribution in [2.75, 3.05) is 36.1 Å². The van der Waals surface area contributed by atoms with Crippen molar-refractivity contribution in [1.82, 2.24) is 4.98 Å². The molecule has 3 rings (SSSR count). The first kappa shape index (κ1) is 15.1. The number of morpholine rings is 1. The summed E-state index contributed by atoms with van der Waals surface area (Å²) in [6, 6.07) is 1.90. The highest BCUT2D eigenvalue weighted by Crippen LogP contribution is 2.40. The van der Waals surface area contributed by atoms with Gasteiger partial charge in [0, 0.05) is 25.9 Å². The van der Waals surface area contributed by atoms with Crippen molar-refractivity contribution in [2.45, 2.75) is 26.5 Å². The Labute approximate surface area is 129 Å². The minimum atomic E-state index is -0.938. The van der Waals surface area contributed by atoms with E-state index in [2.05, 4.69) is 9.88 Å². The lowest BCUT2D eigenvalue weighted by molar-refractivity contribution is -0.119. The number of aliphatic hydroxyl groups is 1. The van der Waals surface area contributed by atoms with E-state index in [9.17, 15) is 15.0 Å². The fourth-order valence-corrected chi connectivity index (χ4v) is 3.12. The van der Waals surface area contributed by atoms with Crippen LogP contribution in [0.5, 0.6) is 5.88 Å². The van der Waals surface area contributed by atoms with Gasteiger partial charge in [0.1, 0.15) is 17.7 Å². The van der Waals surface area contributed by atoms with Gasteiger partial charge in [0.25, 0.3) is 0 Å². The molecule has 0 radical (unpaired) electrons. The van der Waals surface area contributed by atoms with Gasteiger partial charge in [-0.05, 0) is 18.1 Å². The molecule has 0 aliphatic carbocycles. The number of pyridine rings is 1. The standard InChI is InChI=1S/C15H21N3O4/c1-9-7-11-8-12(17-3-5-22-6-4-17)16-14(20)13(11)18(10(2)19)15(9)21/h8-9,15,21H,3-7H2,1-2H3,(H,16,20)/t9?,15-/m0/s1. The monoisotopic (exact) mass is 307 g/mol. The first-order valence-electron chi connectivity index (χ1n) is 7.52. The first-order chi connectivity index (χ1) is 10.5. The Morgan fingerprint density at radius 1 is 1.41 bits per heavy atom. The first-order valence-corrected chi connectivity index (χ1v) is 7.52. The van der Waals surface area contributed by atoms with E-state index in [-0.39, 0.29) is 17.7 Å². The molecule has 22 heavy (non-hydrogen) atoms. The Balaban J connectivity index is 2.03. The van der Waals surface area contributed by atoms with Crippen LogP contribution in [0.25, 0.3) is 0 Å². The number of amides is 1. The Bertz CT molecular complexity index is 586. The highest BCUT2D eigenvalue weighted by molar-refractivity contribution is 5.95. The quantitative estimate of drug-likeness (QED) is 0.785. The van der Waals surface area contributed by atoms with Crippen molar-refractivity contribution in [2.24, 2.45) is 5.92 Å². The van der Waals surface area contributed by atoms with Crippen LogP contribution in [0.2, 0.25) is 0 Å². The zero-order chi connectivity index (χ0) is 15.9. The SMILES string of the molecule is CC(=O)N1c2c(cc(N3CCOCC3)nc2O)CC(C)[C@@H]1O. The second kappa shape index (κ2) is 5.73. The maximum Gasteiger partial charge on any atom is 0.237 e. The topological polar surface area (TPSA) is 86.1 Å². The summed E-state index contributed by atoms with van der Waals surface area (Å²) in [5.74, 6) is 0.0686. The molecule has 0 spiro atoms. The highest BCUT2D eigenvalue weighted by atomic mass is 16.5. The van der Waals surface area contributed by atoms with Gasteiger partial charge < -0.3 is 19.8 Å². The normalized spacial score (nSPS) is 25.0. The van der Waals surface area contributed by atoms with Gasteiger partial charge in [0.05, 0.1) is 13.2 Å². The summed E-state index contributed by atoms with van der Waals surface area (Å²) in [5, 5.41) is 20.6. The molecular formula is C15H21N3O4. The Hall–Kier alpha value is -1.86. The molecule has 120 valence electrons. The number of hydrogen-bond acceptors (Lipinski definition) is 6. The van der Waals surface area contributed by atoms with Gasteiger partial charge in [-0.25, -0.2) is 0 Å². The maximum atomic E-state index is 11.9. The molecule has 7 nitrogen and oxygen atoms in total. The van der Waals surface area contributed by atoms with Crippen molar-refractivity contribution in [1.29, 1.82) is 0 Å². The zero-order valence-corrected chi connectivity index (χ0v) is 12.8. The van der Waals surface area contributed by atoms with Crippen molar-refractivity contribution < 1.29 is 19.7 Å². The molecule has 2 aliphatic rings. The van der Waals surface area contributed by atoms with Gasteiger partial charge in [-0.15, -0.1) is 0 Å². The molecule has 1 aromatic heterocycles. The molecule has 0 saturated carbocycles. The maximum absolute atomic E-state index is 11.9. The average molecular weight is 307 g/mol. The predicted molar refractivity (Wildman–Crippen MR) is 81.0 cm³/mol. The molecule has 2 atom stereocenters. The number of carbonyl (C=O) groups excluding carboxylic acids is 1. The van der Waals surface area contributed by atoms with Gasteiger partial charge in [0.15, 0.2) is 0 Å². The van der Waals surface area contributed by atoms with E-state index < -0.39 is 6.23 Å². The Kier molecular flexibility index (Phi) is 3.92. The molecule has 2 aliphatic heterocycles. The molecule has 0 aromatic carbocycles. The van der Waals surface area contributed by atoms with E-state index in [1.807, 2.05) is 13.0 Å². The number of aromatic nitrogens is 1. The molecule has 1 fully saturated rings. The van der Waals surface area contributed by atoms with Crippen molar-refractivity contribution in [3.05, 3.63) is 11.6 Å². The van der Waals surface area contributed by atoms with E-state index in [0.29, 0.717) is 31.1 Å². The fraction of sp³-hybridized carbons (Fsp3) is 0.600.